The van der Waals surface area contributed by atoms with Gasteiger partial charge in [0, 0.05) is 36.9 Å². The number of nitrogens with one attached hydrogen (secondary N) is 1. The molecule has 2 unspecified atom stereocenters. The molecule has 8 nitrogen and oxygen atoms in total. The van der Waals surface area contributed by atoms with Crippen LogP contribution in [0.15, 0.2) is 42.6 Å². The first-order chi connectivity index (χ1) is 18.5. The molecule has 4 aromatic rings. The minimum atomic E-state index is 0.161. The molecule has 2 N–H and O–H groups in total. The van der Waals surface area contributed by atoms with Crippen LogP contribution in [0.1, 0.15) is 25.7 Å². The van der Waals surface area contributed by atoms with Gasteiger partial charge in [-0.25, -0.2) is 0 Å². The van der Waals surface area contributed by atoms with E-state index in [1.165, 1.54) is 38.8 Å². The summed E-state index contributed by atoms with van der Waals surface area (Å²) >= 11 is 6.92. The van der Waals surface area contributed by atoms with Crippen LogP contribution in [0, 0.1) is 0 Å². The van der Waals surface area contributed by atoms with Crippen molar-refractivity contribution in [2.24, 2.45) is 0 Å². The smallest absolute Gasteiger partial charge is 0.318 e. The molecule has 3 fully saturated rings. The second-order valence-corrected chi connectivity index (χ2v) is 10.9. The molecule has 2 aromatic heterocycles. The average molecular weight is 533 g/mol. The van der Waals surface area contributed by atoms with Crippen molar-refractivity contribution in [2.75, 3.05) is 45.2 Å². The van der Waals surface area contributed by atoms with Crippen molar-refractivity contribution >= 4 is 39.1 Å². The molecule has 0 radical (unpaired) electrons. The number of piperazine rings is 1. The third-order valence-corrected chi connectivity index (χ3v) is 8.13. The van der Waals surface area contributed by atoms with Crippen molar-refractivity contribution in [3.05, 3.63) is 47.6 Å². The Morgan fingerprint density at radius 3 is 2.45 bits per heavy atom. The minimum absolute atomic E-state index is 0.161. The molecule has 0 aliphatic carbocycles. The maximum Gasteiger partial charge on any atom is 0.318 e. The molecule has 7 rings (SSSR count). The summed E-state index contributed by atoms with van der Waals surface area (Å²) in [6.07, 6.45) is 6.96. The lowest BCUT2D eigenvalue weighted by molar-refractivity contribution is 0.380. The number of phenols is 1. The average Bonchev–Trinajstić information content (AvgIpc) is 3.55. The first-order valence-electron chi connectivity index (χ1n) is 13.3. The van der Waals surface area contributed by atoms with E-state index in [1.54, 1.807) is 25.4 Å². The number of aromatic hydroxyl groups is 1. The van der Waals surface area contributed by atoms with E-state index in [2.05, 4.69) is 32.1 Å². The number of phenolic OH excluding ortho intramolecular Hbond substituents is 1. The van der Waals surface area contributed by atoms with E-state index >= 15 is 0 Å². The molecule has 3 aliphatic rings. The van der Waals surface area contributed by atoms with Crippen molar-refractivity contribution in [2.45, 2.75) is 37.8 Å². The number of fused-ring (bicyclic) bond motifs is 4. The van der Waals surface area contributed by atoms with Gasteiger partial charge in [0.15, 0.2) is 0 Å². The standard InChI is InChI=1S/C24H22ClN5O2.C5H11N/c1-32-24-28-22-19(23(29-24)30-11-14-6-7-15(12-30)27-14)10-26-21(20(22)25)18-9-16(31)8-13-4-2-3-5-17(13)18;1-6-4-2-3-5-6/h2-5,8-10,14-15,27,31H,6-7,11-12H2,1H3;2-5H2,1H3. The Labute approximate surface area is 227 Å². The van der Waals surface area contributed by atoms with Gasteiger partial charge >= 0.3 is 6.01 Å². The summed E-state index contributed by atoms with van der Waals surface area (Å²) in [4.78, 5) is 18.6. The molecule has 0 saturated carbocycles. The van der Waals surface area contributed by atoms with E-state index in [4.69, 9.17) is 21.3 Å². The largest absolute Gasteiger partial charge is 0.508 e. The molecule has 198 valence electrons. The molecule has 38 heavy (non-hydrogen) atoms. The summed E-state index contributed by atoms with van der Waals surface area (Å²) in [7, 11) is 3.73. The fourth-order valence-corrected chi connectivity index (χ4v) is 6.17. The maximum atomic E-state index is 10.3. The third kappa shape index (κ3) is 4.84. The first kappa shape index (κ1) is 25.1. The summed E-state index contributed by atoms with van der Waals surface area (Å²) in [5.41, 5.74) is 1.92. The van der Waals surface area contributed by atoms with Crippen molar-refractivity contribution in [3.63, 3.8) is 0 Å². The first-order valence-corrected chi connectivity index (χ1v) is 13.7. The number of hydrogen-bond donors (Lipinski definition) is 2. The number of anilines is 1. The zero-order valence-electron chi connectivity index (χ0n) is 21.8. The fraction of sp³-hybridized carbons (Fsp3) is 0.414. The number of rotatable bonds is 3. The van der Waals surface area contributed by atoms with E-state index in [0.717, 1.165) is 40.6 Å². The van der Waals surface area contributed by atoms with Gasteiger partial charge in [0.05, 0.1) is 23.2 Å². The predicted octanol–water partition coefficient (Wildman–Crippen LogP) is 4.87. The van der Waals surface area contributed by atoms with Crippen LogP contribution >= 0.6 is 11.6 Å². The maximum absolute atomic E-state index is 10.3. The number of aromatic nitrogens is 3. The molecule has 9 heteroatoms. The molecular formula is C29H33ClN6O2. The number of likely N-dealkylation sites (tertiary alicyclic amines) is 1. The van der Waals surface area contributed by atoms with Crippen LogP contribution in [0.3, 0.4) is 0 Å². The Hall–Kier alpha value is -3.20. The van der Waals surface area contributed by atoms with E-state index in [-0.39, 0.29) is 11.8 Å². The zero-order chi connectivity index (χ0) is 26.2. The lowest BCUT2D eigenvalue weighted by Crippen LogP contribution is -2.51. The highest BCUT2D eigenvalue weighted by Crippen LogP contribution is 2.40. The Balaban J connectivity index is 0.000000390. The number of ether oxygens (including phenoxy) is 1. The van der Waals surface area contributed by atoms with Gasteiger partial charge in [0.25, 0.3) is 0 Å². The summed E-state index contributed by atoms with van der Waals surface area (Å²) in [6, 6.07) is 12.5. The number of halogens is 1. The highest BCUT2D eigenvalue weighted by molar-refractivity contribution is 6.38. The van der Waals surface area contributed by atoms with Gasteiger partial charge in [0.2, 0.25) is 0 Å². The molecule has 5 heterocycles. The van der Waals surface area contributed by atoms with Crippen LogP contribution in [0.2, 0.25) is 5.02 Å². The summed E-state index contributed by atoms with van der Waals surface area (Å²) in [5, 5.41) is 17.0. The van der Waals surface area contributed by atoms with Gasteiger partial charge in [-0.05, 0) is 68.7 Å². The van der Waals surface area contributed by atoms with E-state index in [9.17, 15) is 5.11 Å². The number of pyridine rings is 1. The van der Waals surface area contributed by atoms with Gasteiger partial charge in [-0.1, -0.05) is 35.9 Å². The van der Waals surface area contributed by atoms with Gasteiger partial charge < -0.3 is 25.0 Å². The van der Waals surface area contributed by atoms with Crippen LogP contribution in [-0.2, 0) is 0 Å². The molecule has 3 saturated heterocycles. The van der Waals surface area contributed by atoms with Crippen LogP contribution in [0.4, 0.5) is 5.82 Å². The Bertz CT molecular complexity index is 1460. The quantitative estimate of drug-likeness (QED) is 0.386. The second kappa shape index (κ2) is 10.5. The Kier molecular flexibility index (Phi) is 6.95. The number of nitrogens with zero attached hydrogens (tertiary/aromatic N) is 5. The summed E-state index contributed by atoms with van der Waals surface area (Å²) < 4.78 is 5.43. The monoisotopic (exact) mass is 532 g/mol. The Morgan fingerprint density at radius 2 is 1.76 bits per heavy atom. The number of benzene rings is 2. The van der Waals surface area contributed by atoms with Crippen molar-refractivity contribution in [3.8, 4) is 23.0 Å². The van der Waals surface area contributed by atoms with Crippen molar-refractivity contribution in [1.82, 2.24) is 25.2 Å². The second-order valence-electron chi connectivity index (χ2n) is 10.5. The van der Waals surface area contributed by atoms with E-state index in [1.807, 2.05) is 24.3 Å². The molecular weight excluding hydrogens is 500 g/mol. The molecule has 2 atom stereocenters. The molecule has 3 aliphatic heterocycles. The number of methoxy groups -OCH3 is 1. The minimum Gasteiger partial charge on any atom is -0.508 e. The molecule has 0 amide bonds. The Morgan fingerprint density at radius 1 is 1.03 bits per heavy atom. The van der Waals surface area contributed by atoms with Crippen molar-refractivity contribution < 1.29 is 9.84 Å². The van der Waals surface area contributed by atoms with Gasteiger partial charge in [-0.15, -0.1) is 0 Å². The summed E-state index contributed by atoms with van der Waals surface area (Å²) in [5.74, 6) is 0.959. The van der Waals surface area contributed by atoms with Crippen LogP contribution < -0.4 is 15.0 Å². The van der Waals surface area contributed by atoms with E-state index < -0.39 is 0 Å². The predicted molar refractivity (Wildman–Crippen MR) is 152 cm³/mol. The highest BCUT2D eigenvalue weighted by atomic mass is 35.5. The molecule has 2 aromatic carbocycles. The molecule has 0 spiro atoms. The normalized spacial score (nSPS) is 21.1. The lowest BCUT2D eigenvalue weighted by Gasteiger charge is -2.34. The fourth-order valence-electron chi connectivity index (χ4n) is 5.88. The SMILES string of the molecule is CN1CCCC1.COc1nc(N2CC3CCC(C2)N3)c2cnc(-c3cc(O)cc4ccccc34)c(Cl)c2n1. The van der Waals surface area contributed by atoms with Crippen LogP contribution in [-0.4, -0.2) is 77.4 Å². The van der Waals surface area contributed by atoms with Gasteiger partial charge in [-0.3, -0.25) is 4.98 Å². The van der Waals surface area contributed by atoms with Crippen LogP contribution in [0.25, 0.3) is 32.9 Å². The van der Waals surface area contributed by atoms with Crippen LogP contribution in [0.5, 0.6) is 11.8 Å². The van der Waals surface area contributed by atoms with Crippen molar-refractivity contribution in [1.29, 1.82) is 0 Å². The topological polar surface area (TPSA) is 86.6 Å². The number of hydrogen-bond acceptors (Lipinski definition) is 8. The van der Waals surface area contributed by atoms with E-state index in [0.29, 0.717) is 28.3 Å². The lowest BCUT2D eigenvalue weighted by atomic mass is 10.0. The highest BCUT2D eigenvalue weighted by Gasteiger charge is 2.34. The summed E-state index contributed by atoms with van der Waals surface area (Å²) in [6.45, 7) is 4.39. The zero-order valence-corrected chi connectivity index (χ0v) is 22.6. The van der Waals surface area contributed by atoms with Gasteiger partial charge in [-0.2, -0.15) is 9.97 Å². The van der Waals surface area contributed by atoms with Gasteiger partial charge in [0.1, 0.15) is 17.1 Å². The third-order valence-electron chi connectivity index (χ3n) is 7.77. The molecule has 2 bridgehead atoms.